The van der Waals surface area contributed by atoms with Crippen molar-refractivity contribution in [3.8, 4) is 0 Å². The van der Waals surface area contributed by atoms with Gasteiger partial charge in [0.05, 0.1) is 13.2 Å². The molecule has 0 radical (unpaired) electrons. The first-order valence-electron chi connectivity index (χ1n) is 5.87. The molecule has 4 heteroatoms. The molecule has 1 N–H and O–H groups in total. The number of nitrogens with zero attached hydrogens (tertiary/aromatic N) is 1. The Balaban J connectivity index is 2.14. The number of aliphatic hydroxyl groups is 1. The van der Waals surface area contributed by atoms with Crippen molar-refractivity contribution in [3.05, 3.63) is 28.8 Å². The van der Waals surface area contributed by atoms with Crippen molar-refractivity contribution in [2.75, 3.05) is 31.7 Å². The first-order valence-corrected chi connectivity index (χ1v) is 6.25. The lowest BCUT2D eigenvalue weighted by Gasteiger charge is -2.21. The molecule has 0 aliphatic carbocycles. The molecule has 1 aliphatic heterocycles. The van der Waals surface area contributed by atoms with E-state index in [1.165, 1.54) is 0 Å². The maximum atomic E-state index is 9.34. The minimum absolute atomic E-state index is 0.0535. The number of anilines is 1. The van der Waals surface area contributed by atoms with Gasteiger partial charge in [-0.15, -0.1) is 0 Å². The molecular formula is C13H18ClNO2. The largest absolute Gasteiger partial charge is 0.392 e. The number of hydrogen-bond donors (Lipinski definition) is 1. The second-order valence-electron chi connectivity index (χ2n) is 4.49. The van der Waals surface area contributed by atoms with Crippen LogP contribution in [0, 0.1) is 5.92 Å². The summed E-state index contributed by atoms with van der Waals surface area (Å²) in [4.78, 5) is 2.28. The van der Waals surface area contributed by atoms with Crippen LogP contribution in [0.25, 0.3) is 0 Å². The molecule has 0 bridgehead atoms. The summed E-state index contributed by atoms with van der Waals surface area (Å²) in [6.07, 6.45) is 1.13. The average molecular weight is 256 g/mol. The highest BCUT2D eigenvalue weighted by Crippen LogP contribution is 2.29. The second-order valence-corrected chi connectivity index (χ2v) is 4.92. The maximum Gasteiger partial charge on any atom is 0.0702 e. The zero-order valence-electron chi connectivity index (χ0n) is 10.0. The predicted molar refractivity (Wildman–Crippen MR) is 69.6 cm³/mol. The van der Waals surface area contributed by atoms with E-state index in [2.05, 4.69) is 4.90 Å². The van der Waals surface area contributed by atoms with Crippen molar-refractivity contribution in [2.24, 2.45) is 5.92 Å². The van der Waals surface area contributed by atoms with E-state index < -0.39 is 0 Å². The van der Waals surface area contributed by atoms with Gasteiger partial charge in [0.15, 0.2) is 0 Å². The highest BCUT2D eigenvalue weighted by atomic mass is 35.5. The lowest BCUT2D eigenvalue weighted by molar-refractivity contribution is 0.161. The molecule has 0 aromatic heterocycles. The lowest BCUT2D eigenvalue weighted by atomic mass is 10.1. The standard InChI is InChI=1S/C13H18ClNO2/c1-17-9-10-4-5-15(7-10)13-6-12(14)3-2-11(13)8-16/h2-3,6,10,16H,4-5,7-9H2,1H3. The fraction of sp³-hybridized carbons (Fsp3) is 0.538. The van der Waals surface area contributed by atoms with Crippen molar-refractivity contribution in [1.29, 1.82) is 0 Å². The molecule has 1 unspecified atom stereocenters. The van der Waals surface area contributed by atoms with Crippen LogP contribution in [-0.4, -0.2) is 31.9 Å². The number of benzene rings is 1. The van der Waals surface area contributed by atoms with Crippen LogP contribution in [0.4, 0.5) is 5.69 Å². The molecule has 1 atom stereocenters. The van der Waals surface area contributed by atoms with Crippen LogP contribution < -0.4 is 4.90 Å². The summed E-state index contributed by atoms with van der Waals surface area (Å²) in [6.45, 7) is 2.83. The van der Waals surface area contributed by atoms with Gasteiger partial charge < -0.3 is 14.7 Å². The van der Waals surface area contributed by atoms with Gasteiger partial charge in [-0.3, -0.25) is 0 Å². The maximum absolute atomic E-state index is 9.34. The average Bonchev–Trinajstić information content (AvgIpc) is 2.78. The van der Waals surface area contributed by atoms with Gasteiger partial charge in [0.1, 0.15) is 0 Å². The third kappa shape index (κ3) is 2.92. The van der Waals surface area contributed by atoms with Crippen LogP contribution in [0.1, 0.15) is 12.0 Å². The van der Waals surface area contributed by atoms with Gasteiger partial charge >= 0.3 is 0 Å². The van der Waals surface area contributed by atoms with Gasteiger partial charge in [0, 0.05) is 42.4 Å². The van der Waals surface area contributed by atoms with E-state index >= 15 is 0 Å². The molecule has 1 fully saturated rings. The Hall–Kier alpha value is -0.770. The van der Waals surface area contributed by atoms with Crippen LogP contribution >= 0.6 is 11.6 Å². The summed E-state index contributed by atoms with van der Waals surface area (Å²) in [5, 5.41) is 10.1. The van der Waals surface area contributed by atoms with Crippen molar-refractivity contribution in [1.82, 2.24) is 0 Å². The van der Waals surface area contributed by atoms with Crippen LogP contribution in [0.2, 0.25) is 5.02 Å². The summed E-state index contributed by atoms with van der Waals surface area (Å²) in [6, 6.07) is 5.64. The molecule has 94 valence electrons. The van der Waals surface area contributed by atoms with Crippen molar-refractivity contribution in [2.45, 2.75) is 13.0 Å². The molecule has 1 saturated heterocycles. The number of methoxy groups -OCH3 is 1. The minimum atomic E-state index is 0.0535. The summed E-state index contributed by atoms with van der Waals surface area (Å²) in [5.41, 5.74) is 1.99. The molecule has 3 nitrogen and oxygen atoms in total. The number of aliphatic hydroxyl groups excluding tert-OH is 1. The summed E-state index contributed by atoms with van der Waals surface area (Å²) in [5.74, 6) is 0.575. The Bertz CT molecular complexity index is 384. The topological polar surface area (TPSA) is 32.7 Å². The molecule has 1 heterocycles. The van der Waals surface area contributed by atoms with E-state index in [1.54, 1.807) is 7.11 Å². The Morgan fingerprint density at radius 2 is 2.35 bits per heavy atom. The Labute approximate surface area is 107 Å². The lowest BCUT2D eigenvalue weighted by Crippen LogP contribution is -2.22. The van der Waals surface area contributed by atoms with Gasteiger partial charge in [-0.2, -0.15) is 0 Å². The van der Waals surface area contributed by atoms with Crippen LogP contribution in [0.5, 0.6) is 0 Å². The first kappa shape index (κ1) is 12.7. The second kappa shape index (κ2) is 5.71. The van der Waals surface area contributed by atoms with E-state index in [0.29, 0.717) is 10.9 Å². The fourth-order valence-electron chi connectivity index (χ4n) is 2.39. The van der Waals surface area contributed by atoms with E-state index in [4.69, 9.17) is 16.3 Å². The Morgan fingerprint density at radius 3 is 3.06 bits per heavy atom. The van der Waals surface area contributed by atoms with E-state index in [-0.39, 0.29) is 6.61 Å². The third-order valence-corrected chi connectivity index (χ3v) is 3.48. The number of halogens is 1. The van der Waals surface area contributed by atoms with Gasteiger partial charge in [0.2, 0.25) is 0 Å². The zero-order valence-corrected chi connectivity index (χ0v) is 10.8. The smallest absolute Gasteiger partial charge is 0.0702 e. The summed E-state index contributed by atoms with van der Waals surface area (Å²) >= 11 is 6.02. The molecule has 1 aromatic carbocycles. The van der Waals surface area contributed by atoms with Crippen LogP contribution in [0.3, 0.4) is 0 Å². The SMILES string of the molecule is COCC1CCN(c2cc(Cl)ccc2CO)C1. The van der Waals surface area contributed by atoms with Crippen LogP contribution in [0.15, 0.2) is 18.2 Å². The Morgan fingerprint density at radius 1 is 1.53 bits per heavy atom. The minimum Gasteiger partial charge on any atom is -0.392 e. The molecule has 0 spiro atoms. The monoisotopic (exact) mass is 255 g/mol. The van der Waals surface area contributed by atoms with Crippen molar-refractivity contribution >= 4 is 17.3 Å². The van der Waals surface area contributed by atoms with Crippen molar-refractivity contribution < 1.29 is 9.84 Å². The molecular weight excluding hydrogens is 238 g/mol. The number of rotatable bonds is 4. The quantitative estimate of drug-likeness (QED) is 0.896. The van der Waals surface area contributed by atoms with Gasteiger partial charge in [-0.25, -0.2) is 0 Å². The molecule has 1 aromatic rings. The zero-order chi connectivity index (χ0) is 12.3. The highest BCUT2D eigenvalue weighted by molar-refractivity contribution is 6.30. The van der Waals surface area contributed by atoms with Crippen molar-refractivity contribution in [3.63, 3.8) is 0 Å². The predicted octanol–water partition coefficient (Wildman–Crippen LogP) is 2.31. The molecule has 1 aliphatic rings. The Kier molecular flexibility index (Phi) is 4.26. The fourth-order valence-corrected chi connectivity index (χ4v) is 2.55. The molecule has 2 rings (SSSR count). The first-order chi connectivity index (χ1) is 8.24. The molecule has 0 amide bonds. The molecule has 17 heavy (non-hydrogen) atoms. The summed E-state index contributed by atoms with van der Waals surface area (Å²) < 4.78 is 5.19. The normalized spacial score (nSPS) is 19.9. The van der Waals surface area contributed by atoms with Gasteiger partial charge in [-0.05, 0) is 18.6 Å². The highest BCUT2D eigenvalue weighted by Gasteiger charge is 2.24. The molecule has 0 saturated carbocycles. The third-order valence-electron chi connectivity index (χ3n) is 3.25. The summed E-state index contributed by atoms with van der Waals surface area (Å²) in [7, 11) is 1.74. The van der Waals surface area contributed by atoms with E-state index in [1.807, 2.05) is 18.2 Å². The number of ether oxygens (including phenoxy) is 1. The van der Waals surface area contributed by atoms with Gasteiger partial charge in [-0.1, -0.05) is 17.7 Å². The van der Waals surface area contributed by atoms with Gasteiger partial charge in [0.25, 0.3) is 0 Å². The van der Waals surface area contributed by atoms with E-state index in [0.717, 1.165) is 37.4 Å². The van der Waals surface area contributed by atoms with E-state index in [9.17, 15) is 5.11 Å². The number of hydrogen-bond acceptors (Lipinski definition) is 3. The van der Waals surface area contributed by atoms with Crippen LogP contribution in [-0.2, 0) is 11.3 Å².